The second-order valence-corrected chi connectivity index (χ2v) is 4.37. The zero-order valence-corrected chi connectivity index (χ0v) is 11.7. The van der Waals surface area contributed by atoms with Crippen LogP contribution in [0.4, 0.5) is 5.69 Å². The molecule has 0 N–H and O–H groups in total. The van der Waals surface area contributed by atoms with Gasteiger partial charge >= 0.3 is 0 Å². The van der Waals surface area contributed by atoms with Gasteiger partial charge in [0.2, 0.25) is 5.91 Å². The van der Waals surface area contributed by atoms with E-state index in [1.807, 2.05) is 0 Å². The molecule has 1 saturated heterocycles. The topological polar surface area (TPSA) is 105 Å². The zero-order chi connectivity index (χ0) is 15.4. The van der Waals surface area contributed by atoms with Crippen molar-refractivity contribution in [2.75, 3.05) is 20.8 Å². The van der Waals surface area contributed by atoms with Crippen molar-refractivity contribution in [2.24, 2.45) is 5.11 Å². The van der Waals surface area contributed by atoms with Crippen molar-refractivity contribution in [1.29, 1.82) is 0 Å². The van der Waals surface area contributed by atoms with Gasteiger partial charge in [-0.15, -0.1) is 0 Å². The third kappa shape index (κ3) is 2.75. The summed E-state index contributed by atoms with van der Waals surface area (Å²) in [6.45, 7) is 0.363. The Morgan fingerprint density at radius 1 is 1.33 bits per heavy atom. The van der Waals surface area contributed by atoms with Crippen LogP contribution >= 0.6 is 0 Å². The van der Waals surface area contributed by atoms with Crippen LogP contribution in [-0.4, -0.2) is 37.5 Å². The monoisotopic (exact) mass is 290 g/mol. The first-order valence-corrected chi connectivity index (χ1v) is 6.28. The van der Waals surface area contributed by atoms with Crippen molar-refractivity contribution in [3.63, 3.8) is 0 Å². The van der Waals surface area contributed by atoms with Gasteiger partial charge in [-0.25, -0.2) is 0 Å². The Labute approximate surface area is 120 Å². The molecule has 1 heterocycles. The summed E-state index contributed by atoms with van der Waals surface area (Å²) in [5.41, 5.74) is 8.84. The van der Waals surface area contributed by atoms with Crippen LogP contribution < -0.4 is 9.47 Å². The predicted molar refractivity (Wildman–Crippen MR) is 73.6 cm³/mol. The van der Waals surface area contributed by atoms with Crippen LogP contribution in [0.25, 0.3) is 10.4 Å². The Morgan fingerprint density at radius 3 is 2.52 bits per heavy atom. The number of carbonyl (C=O) groups excluding carboxylic acids is 2. The highest BCUT2D eigenvalue weighted by Gasteiger charge is 2.29. The van der Waals surface area contributed by atoms with Gasteiger partial charge in [0.15, 0.2) is 11.5 Å². The molecule has 2 rings (SSSR count). The molecule has 0 saturated carbocycles. The second-order valence-electron chi connectivity index (χ2n) is 4.37. The molecule has 0 aliphatic carbocycles. The highest BCUT2D eigenvalue weighted by molar-refractivity contribution is 6.08. The summed E-state index contributed by atoms with van der Waals surface area (Å²) < 4.78 is 10.2. The molecule has 1 aromatic carbocycles. The Morgan fingerprint density at radius 2 is 2.00 bits per heavy atom. The molecule has 2 amide bonds. The van der Waals surface area contributed by atoms with E-state index in [0.29, 0.717) is 30.9 Å². The molecule has 0 radical (unpaired) electrons. The van der Waals surface area contributed by atoms with Crippen LogP contribution in [0.1, 0.15) is 23.2 Å². The number of likely N-dealkylation sites (tertiary alicyclic amines) is 1. The third-order valence-electron chi connectivity index (χ3n) is 3.20. The van der Waals surface area contributed by atoms with E-state index < -0.39 is 5.91 Å². The molecule has 0 unspecified atom stereocenters. The molecule has 0 bridgehead atoms. The molecule has 1 aliphatic rings. The lowest BCUT2D eigenvalue weighted by Gasteiger charge is -2.17. The third-order valence-corrected chi connectivity index (χ3v) is 3.20. The van der Waals surface area contributed by atoms with Crippen molar-refractivity contribution in [3.8, 4) is 11.5 Å². The first-order valence-electron chi connectivity index (χ1n) is 6.28. The van der Waals surface area contributed by atoms with Gasteiger partial charge in [0, 0.05) is 17.9 Å². The van der Waals surface area contributed by atoms with E-state index in [1.54, 1.807) is 0 Å². The molecule has 0 atom stereocenters. The van der Waals surface area contributed by atoms with E-state index in [4.69, 9.17) is 15.0 Å². The van der Waals surface area contributed by atoms with Crippen molar-refractivity contribution in [3.05, 3.63) is 28.1 Å². The number of benzene rings is 1. The van der Waals surface area contributed by atoms with Gasteiger partial charge in [0.25, 0.3) is 5.91 Å². The number of hydrogen-bond acceptors (Lipinski definition) is 5. The van der Waals surface area contributed by atoms with Crippen LogP contribution in [-0.2, 0) is 4.79 Å². The van der Waals surface area contributed by atoms with Gasteiger partial charge in [-0.05, 0) is 24.1 Å². The number of azide groups is 1. The van der Waals surface area contributed by atoms with Crippen LogP contribution in [0.15, 0.2) is 17.2 Å². The van der Waals surface area contributed by atoms with E-state index in [-0.39, 0.29) is 17.2 Å². The Bertz CT molecular complexity index is 637. The molecule has 8 nitrogen and oxygen atoms in total. The van der Waals surface area contributed by atoms with E-state index in [9.17, 15) is 9.59 Å². The van der Waals surface area contributed by atoms with Crippen LogP contribution in [0.5, 0.6) is 11.5 Å². The molecule has 1 aromatic rings. The van der Waals surface area contributed by atoms with E-state index in [1.165, 1.54) is 26.4 Å². The van der Waals surface area contributed by atoms with Gasteiger partial charge in [-0.1, -0.05) is 5.11 Å². The van der Waals surface area contributed by atoms with E-state index >= 15 is 0 Å². The summed E-state index contributed by atoms with van der Waals surface area (Å²) >= 11 is 0. The quantitative estimate of drug-likeness (QED) is 0.367. The van der Waals surface area contributed by atoms with Crippen molar-refractivity contribution < 1.29 is 19.1 Å². The summed E-state index contributed by atoms with van der Waals surface area (Å²) in [6, 6.07) is 2.82. The zero-order valence-electron chi connectivity index (χ0n) is 11.7. The van der Waals surface area contributed by atoms with E-state index in [2.05, 4.69) is 10.0 Å². The van der Waals surface area contributed by atoms with Gasteiger partial charge in [0.05, 0.1) is 25.5 Å². The van der Waals surface area contributed by atoms with Gasteiger partial charge < -0.3 is 9.47 Å². The average molecular weight is 290 g/mol. The largest absolute Gasteiger partial charge is 0.493 e. The summed E-state index contributed by atoms with van der Waals surface area (Å²) in [4.78, 5) is 28.0. The van der Waals surface area contributed by atoms with Crippen molar-refractivity contribution in [2.45, 2.75) is 12.8 Å². The maximum absolute atomic E-state index is 12.4. The predicted octanol–water partition coefficient (Wildman–Crippen LogP) is 2.41. The fourth-order valence-electron chi connectivity index (χ4n) is 2.18. The van der Waals surface area contributed by atoms with E-state index in [0.717, 1.165) is 4.90 Å². The summed E-state index contributed by atoms with van der Waals surface area (Å²) in [5.74, 6) is -0.0730. The smallest absolute Gasteiger partial charge is 0.261 e. The Hall–Kier alpha value is -2.73. The number of hydrogen-bond donors (Lipinski definition) is 0. The van der Waals surface area contributed by atoms with Crippen molar-refractivity contribution >= 4 is 17.5 Å². The first kappa shape index (κ1) is 14.7. The lowest BCUT2D eigenvalue weighted by Crippen LogP contribution is -2.31. The van der Waals surface area contributed by atoms with Crippen LogP contribution in [0.2, 0.25) is 0 Å². The molecule has 0 spiro atoms. The number of carbonyl (C=O) groups is 2. The number of imide groups is 1. The standard InChI is InChI=1S/C13H14N4O4/c1-20-10-6-8(9(15-16-14)7-11(10)21-2)13(19)17-5-3-4-12(17)18/h6-7H,3-5H2,1-2H3. The van der Waals surface area contributed by atoms with Gasteiger partial charge in [0.1, 0.15) is 0 Å². The molecular formula is C13H14N4O4. The SMILES string of the molecule is COc1cc(N=[N+]=[N-])c(C(=O)N2CCCC2=O)cc1OC. The van der Waals surface area contributed by atoms with Gasteiger partial charge in [-0.2, -0.15) is 0 Å². The number of ether oxygens (including phenoxy) is 2. The van der Waals surface area contributed by atoms with Gasteiger partial charge in [-0.3, -0.25) is 14.5 Å². The van der Waals surface area contributed by atoms with Crippen LogP contribution in [0.3, 0.4) is 0 Å². The summed E-state index contributed by atoms with van der Waals surface area (Å²) in [6.07, 6.45) is 0.977. The normalized spacial score (nSPS) is 13.8. The molecule has 110 valence electrons. The average Bonchev–Trinajstić information content (AvgIpc) is 2.92. The highest BCUT2D eigenvalue weighted by Crippen LogP contribution is 2.36. The van der Waals surface area contributed by atoms with Crippen molar-refractivity contribution in [1.82, 2.24) is 4.90 Å². The minimum atomic E-state index is -0.499. The number of nitrogens with zero attached hydrogens (tertiary/aromatic N) is 4. The molecule has 0 aromatic heterocycles. The Kier molecular flexibility index (Phi) is 4.30. The molecular weight excluding hydrogens is 276 g/mol. The lowest BCUT2D eigenvalue weighted by molar-refractivity contribution is -0.125. The minimum absolute atomic E-state index is 0.0971. The fraction of sp³-hybridized carbons (Fsp3) is 0.385. The molecule has 1 aliphatic heterocycles. The minimum Gasteiger partial charge on any atom is -0.493 e. The fourth-order valence-corrected chi connectivity index (χ4v) is 2.18. The number of rotatable bonds is 4. The molecule has 1 fully saturated rings. The maximum atomic E-state index is 12.4. The maximum Gasteiger partial charge on any atom is 0.261 e. The second kappa shape index (κ2) is 6.15. The molecule has 8 heteroatoms. The summed E-state index contributed by atoms with van der Waals surface area (Å²) in [5, 5.41) is 3.49. The highest BCUT2D eigenvalue weighted by atomic mass is 16.5. The number of methoxy groups -OCH3 is 2. The molecule has 21 heavy (non-hydrogen) atoms. The number of amides is 2. The Balaban J connectivity index is 2.52. The first-order chi connectivity index (χ1) is 10.1. The summed E-state index contributed by atoms with van der Waals surface area (Å²) in [7, 11) is 2.86. The van der Waals surface area contributed by atoms with Crippen LogP contribution in [0, 0.1) is 0 Å². The lowest BCUT2D eigenvalue weighted by atomic mass is 10.1.